The Morgan fingerprint density at radius 2 is 2.42 bits per heavy atom. The van der Waals surface area contributed by atoms with E-state index in [0.717, 1.165) is 19.4 Å². The smallest absolute Gasteiger partial charge is 0.407 e. The first-order valence-electron chi connectivity index (χ1n) is 4.29. The summed E-state index contributed by atoms with van der Waals surface area (Å²) in [4.78, 5) is 11.9. The first-order valence-corrected chi connectivity index (χ1v) is 4.29. The fourth-order valence-corrected chi connectivity index (χ4v) is 2.39. The minimum Gasteiger partial charge on any atom is -0.465 e. The first-order chi connectivity index (χ1) is 5.61. The first kappa shape index (κ1) is 7.86. The van der Waals surface area contributed by atoms with E-state index < -0.39 is 6.09 Å². The molecule has 2 saturated heterocycles. The van der Waals surface area contributed by atoms with Crippen molar-refractivity contribution < 1.29 is 9.90 Å². The Hall–Kier alpha value is -0.770. The molecule has 0 spiro atoms. The topological polar surface area (TPSA) is 52.6 Å². The Labute approximate surface area is 71.5 Å². The van der Waals surface area contributed by atoms with Gasteiger partial charge in [0, 0.05) is 31.6 Å². The number of nitrogens with one attached hydrogen (secondary N) is 1. The molecule has 4 nitrogen and oxygen atoms in total. The molecule has 0 aromatic carbocycles. The van der Waals surface area contributed by atoms with Gasteiger partial charge in [0.05, 0.1) is 0 Å². The van der Waals surface area contributed by atoms with E-state index in [1.807, 2.05) is 0 Å². The Kier molecular flexibility index (Phi) is 1.54. The molecule has 3 aliphatic rings. The molecule has 0 atom stereocenters. The summed E-state index contributed by atoms with van der Waals surface area (Å²) in [5, 5.41) is 12.0. The third kappa shape index (κ3) is 1.06. The molecule has 1 aliphatic carbocycles. The number of hydrogen-bond donors (Lipinski definition) is 2. The molecule has 2 heterocycles. The average Bonchev–Trinajstić information content (AvgIpc) is 2.44. The molecule has 1 amide bonds. The number of hydrogen-bond acceptors (Lipinski definition) is 2. The monoisotopic (exact) mass is 170 g/mol. The summed E-state index contributed by atoms with van der Waals surface area (Å²) in [5.74, 6) is 0. The third-order valence-electron chi connectivity index (χ3n) is 3.02. The molecule has 1 saturated carbocycles. The van der Waals surface area contributed by atoms with Gasteiger partial charge in [0.25, 0.3) is 0 Å². The molecule has 3 rings (SSSR count). The second-order valence-electron chi connectivity index (χ2n) is 4.12. The summed E-state index contributed by atoms with van der Waals surface area (Å²) in [6, 6.07) is 0.673. The van der Waals surface area contributed by atoms with Crippen molar-refractivity contribution in [3.8, 4) is 0 Å². The van der Waals surface area contributed by atoms with E-state index in [1.165, 1.54) is 4.90 Å². The maximum absolute atomic E-state index is 10.6. The average molecular weight is 170 g/mol. The van der Waals surface area contributed by atoms with Gasteiger partial charge in [-0.1, -0.05) is 0 Å². The predicted octanol–water partition coefficient (Wildman–Crippen LogP) is 0.348. The zero-order valence-corrected chi connectivity index (χ0v) is 7.21. The van der Waals surface area contributed by atoms with Gasteiger partial charge in [-0.3, -0.25) is 0 Å². The molecule has 3 fully saturated rings. The molecule has 2 N–H and O–H groups in total. The summed E-state index contributed by atoms with van der Waals surface area (Å²) in [5.41, 5.74) is 0.276. The molecular weight excluding hydrogens is 156 g/mol. The van der Waals surface area contributed by atoms with E-state index in [9.17, 15) is 4.79 Å². The van der Waals surface area contributed by atoms with Crippen molar-refractivity contribution >= 4 is 6.09 Å². The van der Waals surface area contributed by atoms with Crippen LogP contribution in [0.5, 0.6) is 0 Å². The summed E-state index contributed by atoms with van der Waals surface area (Å²) in [7, 11) is 1.64. The van der Waals surface area contributed by atoms with Crippen LogP contribution in [0.15, 0.2) is 0 Å². The van der Waals surface area contributed by atoms with Crippen molar-refractivity contribution in [2.75, 3.05) is 20.1 Å². The molecular formula is C8H14N2O2. The van der Waals surface area contributed by atoms with Crippen LogP contribution in [0.2, 0.25) is 0 Å². The van der Waals surface area contributed by atoms with Crippen LogP contribution in [-0.4, -0.2) is 42.3 Å². The molecule has 0 unspecified atom stereocenters. The fraction of sp³-hybridized carbons (Fsp3) is 0.875. The lowest BCUT2D eigenvalue weighted by atomic mass is 9.70. The number of carboxylic acid groups (broad SMARTS) is 1. The maximum atomic E-state index is 10.6. The van der Waals surface area contributed by atoms with Crippen molar-refractivity contribution in [1.82, 2.24) is 10.2 Å². The molecule has 4 heteroatoms. The van der Waals surface area contributed by atoms with Crippen LogP contribution in [-0.2, 0) is 0 Å². The largest absolute Gasteiger partial charge is 0.465 e. The lowest BCUT2D eigenvalue weighted by molar-refractivity contribution is 0.105. The molecule has 0 radical (unpaired) electrons. The van der Waals surface area contributed by atoms with Gasteiger partial charge in [0.15, 0.2) is 0 Å². The van der Waals surface area contributed by atoms with Crippen LogP contribution in [0.4, 0.5) is 4.79 Å². The second-order valence-corrected chi connectivity index (χ2v) is 4.12. The van der Waals surface area contributed by atoms with E-state index in [-0.39, 0.29) is 5.41 Å². The number of fused-ring (bicyclic) bond motifs is 1. The zero-order chi connectivity index (χ0) is 8.77. The van der Waals surface area contributed by atoms with Crippen LogP contribution in [0.3, 0.4) is 0 Å². The minimum absolute atomic E-state index is 0.276. The molecule has 0 aromatic rings. The lowest BCUT2D eigenvalue weighted by Gasteiger charge is -2.38. The van der Waals surface area contributed by atoms with Crippen molar-refractivity contribution in [3.05, 3.63) is 0 Å². The van der Waals surface area contributed by atoms with Crippen LogP contribution >= 0.6 is 0 Å². The van der Waals surface area contributed by atoms with E-state index >= 15 is 0 Å². The van der Waals surface area contributed by atoms with Crippen LogP contribution in [0.1, 0.15) is 12.8 Å². The Bertz CT molecular complexity index is 206. The number of nitrogens with zero attached hydrogens (tertiary/aromatic N) is 1. The molecule has 0 aromatic heterocycles. The lowest BCUT2D eigenvalue weighted by Crippen LogP contribution is -2.44. The second kappa shape index (κ2) is 2.36. The highest BCUT2D eigenvalue weighted by Crippen LogP contribution is 2.46. The van der Waals surface area contributed by atoms with Crippen molar-refractivity contribution in [2.24, 2.45) is 5.41 Å². The SMILES string of the molecule is CN(CC12CNC(C1)C2)C(=O)O. The van der Waals surface area contributed by atoms with Gasteiger partial charge in [-0.2, -0.15) is 0 Å². The standard InChI is InChI=1S/C8H14N2O2/c1-10(7(11)12)5-8-2-6(3-8)9-4-8/h6,9H,2-5H2,1H3,(H,11,12). The highest BCUT2D eigenvalue weighted by atomic mass is 16.4. The van der Waals surface area contributed by atoms with Gasteiger partial charge in [0.1, 0.15) is 0 Å². The van der Waals surface area contributed by atoms with E-state index in [2.05, 4.69) is 5.32 Å². The maximum Gasteiger partial charge on any atom is 0.407 e. The van der Waals surface area contributed by atoms with Gasteiger partial charge < -0.3 is 15.3 Å². The summed E-state index contributed by atoms with van der Waals surface area (Å²) in [6.07, 6.45) is 1.50. The van der Waals surface area contributed by atoms with Gasteiger partial charge >= 0.3 is 6.09 Å². The highest BCUT2D eigenvalue weighted by Gasteiger charge is 2.50. The molecule has 2 aliphatic heterocycles. The molecule has 2 bridgehead atoms. The van der Waals surface area contributed by atoms with Crippen molar-refractivity contribution in [3.63, 3.8) is 0 Å². The number of amides is 1. The Balaban J connectivity index is 1.91. The summed E-state index contributed by atoms with van der Waals surface area (Å²) < 4.78 is 0. The molecule has 68 valence electrons. The van der Waals surface area contributed by atoms with Crippen LogP contribution in [0, 0.1) is 5.41 Å². The fourth-order valence-electron chi connectivity index (χ4n) is 2.39. The zero-order valence-electron chi connectivity index (χ0n) is 7.21. The van der Waals surface area contributed by atoms with Gasteiger partial charge in [0.2, 0.25) is 0 Å². The predicted molar refractivity (Wildman–Crippen MR) is 44.1 cm³/mol. The number of rotatable bonds is 2. The van der Waals surface area contributed by atoms with E-state index in [1.54, 1.807) is 7.05 Å². The van der Waals surface area contributed by atoms with Crippen molar-refractivity contribution in [1.29, 1.82) is 0 Å². The van der Waals surface area contributed by atoms with E-state index in [4.69, 9.17) is 5.11 Å². The van der Waals surface area contributed by atoms with Crippen LogP contribution < -0.4 is 5.32 Å². The number of carbonyl (C=O) groups is 1. The Morgan fingerprint density at radius 3 is 2.83 bits per heavy atom. The van der Waals surface area contributed by atoms with Crippen molar-refractivity contribution in [2.45, 2.75) is 18.9 Å². The quantitative estimate of drug-likeness (QED) is 0.628. The normalized spacial score (nSPS) is 37.6. The van der Waals surface area contributed by atoms with Gasteiger partial charge in [-0.25, -0.2) is 4.79 Å². The molecule has 12 heavy (non-hydrogen) atoms. The summed E-state index contributed by atoms with van der Waals surface area (Å²) >= 11 is 0. The van der Waals surface area contributed by atoms with Gasteiger partial charge in [-0.05, 0) is 12.8 Å². The summed E-state index contributed by atoms with van der Waals surface area (Å²) in [6.45, 7) is 1.68. The minimum atomic E-state index is -0.820. The third-order valence-corrected chi connectivity index (χ3v) is 3.02. The Morgan fingerprint density at radius 1 is 1.75 bits per heavy atom. The van der Waals surface area contributed by atoms with Gasteiger partial charge in [-0.15, -0.1) is 0 Å². The highest BCUT2D eigenvalue weighted by molar-refractivity contribution is 5.64. The van der Waals surface area contributed by atoms with Crippen LogP contribution in [0.25, 0.3) is 0 Å². The van der Waals surface area contributed by atoms with E-state index in [0.29, 0.717) is 12.6 Å².